The van der Waals surface area contributed by atoms with E-state index < -0.39 is 97.5 Å². The smallest absolute Gasteiger partial charge is 0.462 e. The van der Waals surface area contributed by atoms with Crippen molar-refractivity contribution in [2.75, 3.05) is 39.6 Å². The lowest BCUT2D eigenvalue weighted by atomic mass is 10.0. The van der Waals surface area contributed by atoms with Gasteiger partial charge in [0, 0.05) is 25.7 Å². The Kier molecular flexibility index (Phi) is 59.9. The van der Waals surface area contributed by atoms with E-state index in [9.17, 15) is 43.2 Å². The molecule has 0 aromatic rings. The molecule has 0 aliphatic rings. The monoisotopic (exact) mass is 1300 g/mol. The van der Waals surface area contributed by atoms with Gasteiger partial charge >= 0.3 is 39.5 Å². The summed E-state index contributed by atoms with van der Waals surface area (Å²) >= 11 is 0. The van der Waals surface area contributed by atoms with Crippen LogP contribution in [0.15, 0.2) is 0 Å². The average molecular weight is 1300 g/mol. The molecule has 0 heterocycles. The molecule has 0 fully saturated rings. The molecular formula is C69H134O17P2. The van der Waals surface area contributed by atoms with Crippen LogP contribution in [0.25, 0.3) is 0 Å². The molecule has 5 atom stereocenters. The number of rotatable bonds is 68. The number of esters is 4. The van der Waals surface area contributed by atoms with Crippen molar-refractivity contribution >= 4 is 39.5 Å². The highest BCUT2D eigenvalue weighted by Gasteiger charge is 2.30. The van der Waals surface area contributed by atoms with Gasteiger partial charge in [-0.3, -0.25) is 37.3 Å². The maximum absolute atomic E-state index is 13.0. The Hall–Kier alpha value is -1.94. The highest BCUT2D eigenvalue weighted by Crippen LogP contribution is 2.45. The predicted molar refractivity (Wildman–Crippen MR) is 354 cm³/mol. The van der Waals surface area contributed by atoms with E-state index in [0.717, 1.165) is 95.8 Å². The van der Waals surface area contributed by atoms with Crippen molar-refractivity contribution in [3.63, 3.8) is 0 Å². The number of ether oxygens (including phenoxy) is 4. The van der Waals surface area contributed by atoms with Gasteiger partial charge in [-0.15, -0.1) is 0 Å². The van der Waals surface area contributed by atoms with E-state index in [0.29, 0.717) is 31.6 Å². The predicted octanol–water partition coefficient (Wildman–Crippen LogP) is 19.6. The van der Waals surface area contributed by atoms with Crippen molar-refractivity contribution in [3.8, 4) is 0 Å². The molecule has 0 aromatic carbocycles. The summed E-state index contributed by atoms with van der Waals surface area (Å²) in [4.78, 5) is 72.4. The van der Waals surface area contributed by atoms with Gasteiger partial charge in [0.2, 0.25) is 0 Å². The van der Waals surface area contributed by atoms with E-state index in [2.05, 4.69) is 41.5 Å². The summed E-state index contributed by atoms with van der Waals surface area (Å²) in [5, 5.41) is 10.6. The highest BCUT2D eigenvalue weighted by atomic mass is 31.2. The maximum atomic E-state index is 13.0. The van der Waals surface area contributed by atoms with Gasteiger partial charge in [-0.25, -0.2) is 9.13 Å². The van der Waals surface area contributed by atoms with Gasteiger partial charge in [-0.2, -0.15) is 0 Å². The van der Waals surface area contributed by atoms with Crippen molar-refractivity contribution in [2.24, 2.45) is 11.8 Å². The highest BCUT2D eigenvalue weighted by molar-refractivity contribution is 7.47. The average Bonchev–Trinajstić information content (AvgIpc) is 3.70. The van der Waals surface area contributed by atoms with E-state index >= 15 is 0 Å². The first kappa shape index (κ1) is 86.1. The summed E-state index contributed by atoms with van der Waals surface area (Å²) < 4.78 is 68.2. The largest absolute Gasteiger partial charge is 0.472 e. The summed E-state index contributed by atoms with van der Waals surface area (Å²) in [6.07, 6.45) is 45.8. The second kappa shape index (κ2) is 61.3. The minimum Gasteiger partial charge on any atom is -0.462 e. The summed E-state index contributed by atoms with van der Waals surface area (Å²) in [6, 6.07) is 0. The van der Waals surface area contributed by atoms with E-state index in [1.807, 2.05) is 0 Å². The van der Waals surface area contributed by atoms with Crippen molar-refractivity contribution in [3.05, 3.63) is 0 Å². The van der Waals surface area contributed by atoms with Crippen molar-refractivity contribution in [1.82, 2.24) is 0 Å². The third-order valence-electron chi connectivity index (χ3n) is 16.0. The number of hydrogen-bond acceptors (Lipinski definition) is 15. The molecule has 0 saturated carbocycles. The molecule has 17 nitrogen and oxygen atoms in total. The number of aliphatic hydroxyl groups excluding tert-OH is 1. The van der Waals surface area contributed by atoms with Crippen LogP contribution in [-0.4, -0.2) is 96.7 Å². The van der Waals surface area contributed by atoms with Crippen molar-refractivity contribution in [1.29, 1.82) is 0 Å². The fourth-order valence-corrected chi connectivity index (χ4v) is 12.0. The van der Waals surface area contributed by atoms with E-state index in [1.165, 1.54) is 167 Å². The number of carbonyl (C=O) groups is 4. The molecule has 2 unspecified atom stereocenters. The Morgan fingerprint density at radius 1 is 0.307 bits per heavy atom. The van der Waals surface area contributed by atoms with Gasteiger partial charge in [0.25, 0.3) is 0 Å². The van der Waals surface area contributed by atoms with E-state index in [1.54, 1.807) is 0 Å². The van der Waals surface area contributed by atoms with Gasteiger partial charge in [0.15, 0.2) is 12.2 Å². The lowest BCUT2D eigenvalue weighted by molar-refractivity contribution is -0.161. The first-order valence-corrected chi connectivity index (χ1v) is 39.0. The van der Waals surface area contributed by atoms with Gasteiger partial charge in [0.1, 0.15) is 19.3 Å². The Bertz CT molecular complexity index is 1720. The molecule has 3 N–H and O–H groups in total. The number of aliphatic hydroxyl groups is 1. The number of hydrogen-bond donors (Lipinski definition) is 3. The van der Waals surface area contributed by atoms with Gasteiger partial charge in [-0.1, -0.05) is 298 Å². The summed E-state index contributed by atoms with van der Waals surface area (Å²) in [7, 11) is -9.89. The van der Waals surface area contributed by atoms with Crippen LogP contribution in [0.4, 0.5) is 0 Å². The third kappa shape index (κ3) is 62.8. The molecule has 0 saturated heterocycles. The van der Waals surface area contributed by atoms with Crippen LogP contribution < -0.4 is 0 Å². The lowest BCUT2D eigenvalue weighted by Crippen LogP contribution is -2.30. The van der Waals surface area contributed by atoms with Crippen LogP contribution in [0.1, 0.15) is 350 Å². The van der Waals surface area contributed by atoms with Gasteiger partial charge < -0.3 is 33.8 Å². The van der Waals surface area contributed by atoms with Crippen LogP contribution in [-0.2, 0) is 65.4 Å². The maximum Gasteiger partial charge on any atom is 0.472 e. The zero-order valence-electron chi connectivity index (χ0n) is 57.0. The number of phosphoric ester groups is 2. The van der Waals surface area contributed by atoms with E-state index in [4.69, 9.17) is 37.0 Å². The molecule has 88 heavy (non-hydrogen) atoms. The first-order chi connectivity index (χ1) is 42.4. The topological polar surface area (TPSA) is 237 Å². The molecule has 522 valence electrons. The second-order valence-corrected chi connectivity index (χ2v) is 28.8. The Labute approximate surface area is 537 Å². The lowest BCUT2D eigenvalue weighted by Gasteiger charge is -2.21. The van der Waals surface area contributed by atoms with Gasteiger partial charge in [-0.05, 0) is 37.5 Å². The minimum atomic E-state index is -4.95. The molecule has 0 aliphatic heterocycles. The number of phosphoric acid groups is 2. The molecular weight excluding hydrogens is 1160 g/mol. The molecule has 0 amide bonds. The number of carbonyl (C=O) groups excluding carboxylic acids is 4. The molecule has 19 heteroatoms. The molecule has 0 spiro atoms. The zero-order valence-corrected chi connectivity index (χ0v) is 58.8. The van der Waals surface area contributed by atoms with Crippen LogP contribution in [0.5, 0.6) is 0 Å². The normalized spacial score (nSPS) is 14.2. The fraction of sp³-hybridized carbons (Fsp3) is 0.942. The molecule has 0 rings (SSSR count). The zero-order chi connectivity index (χ0) is 65.0. The molecule has 0 radical (unpaired) electrons. The summed E-state index contributed by atoms with van der Waals surface area (Å²) in [5.41, 5.74) is 0. The SMILES string of the molecule is CCCCCCCCCCCCCCCC(=O)OC[C@H](COP(=O)(O)OC[C@@H](O)COP(=O)(O)OC[C@@H](COC(=O)CCCCCCCCCCC)OC(=O)CCCCCCCCCC(C)C)OC(=O)CCCCCCCCCCCCCCCC(C)C. The minimum absolute atomic E-state index is 0.103. The standard InChI is InChI=1S/C69H134O17P2/c1-7-9-11-13-15-17-18-20-24-28-34-40-46-52-67(72)80-57-64(85-68(73)53-47-41-35-29-25-22-19-21-23-27-31-37-43-49-61(3)4)59-83-87(75,76)81-55-63(70)56-82-88(77,78)84-60-65(58-79-66(71)51-45-39-33-26-16-14-12-10-8-2)86-69(74)54-48-42-36-30-32-38-44-50-62(5)6/h61-65,70H,7-60H2,1-6H3,(H,75,76)(H,77,78)/t63-,64-,65-/m1/s1. The second-order valence-electron chi connectivity index (χ2n) is 25.9. The molecule has 0 aromatic heterocycles. The quantitative estimate of drug-likeness (QED) is 0.0222. The molecule has 0 aliphatic carbocycles. The summed E-state index contributed by atoms with van der Waals surface area (Å²) in [6.45, 7) is 9.48. The fourth-order valence-electron chi connectivity index (χ4n) is 10.4. The third-order valence-corrected chi connectivity index (χ3v) is 17.9. The van der Waals surface area contributed by atoms with Crippen LogP contribution in [0, 0.1) is 11.8 Å². The van der Waals surface area contributed by atoms with E-state index in [-0.39, 0.29) is 25.7 Å². The van der Waals surface area contributed by atoms with Gasteiger partial charge in [0.05, 0.1) is 26.4 Å². The summed E-state index contributed by atoms with van der Waals surface area (Å²) in [5.74, 6) is -0.645. The van der Waals surface area contributed by atoms with Crippen LogP contribution in [0.3, 0.4) is 0 Å². The van der Waals surface area contributed by atoms with Crippen LogP contribution >= 0.6 is 15.6 Å². The first-order valence-electron chi connectivity index (χ1n) is 36.0. The Morgan fingerprint density at radius 2 is 0.523 bits per heavy atom. The number of unbranched alkanes of at least 4 members (excludes halogenated alkanes) is 38. The van der Waals surface area contributed by atoms with Crippen LogP contribution in [0.2, 0.25) is 0 Å². The Balaban J connectivity index is 5.23. The van der Waals surface area contributed by atoms with Crippen molar-refractivity contribution in [2.45, 2.75) is 368 Å². The van der Waals surface area contributed by atoms with Crippen molar-refractivity contribution < 1.29 is 80.2 Å². The molecule has 0 bridgehead atoms. The Morgan fingerprint density at radius 3 is 0.773 bits per heavy atom.